The SMILES string of the molecule is O=C(Nc1ncc(Br)cn1)c1ccccc1C(F)(F)F. The van der Waals surface area contributed by atoms with Gasteiger partial charge in [0.25, 0.3) is 5.91 Å². The number of aromatic nitrogens is 2. The predicted molar refractivity (Wildman–Crippen MR) is 69.1 cm³/mol. The molecule has 0 aliphatic heterocycles. The number of benzene rings is 1. The minimum atomic E-state index is -4.60. The second-order valence-corrected chi connectivity index (χ2v) is 4.64. The first kappa shape index (κ1) is 14.4. The summed E-state index contributed by atoms with van der Waals surface area (Å²) in [6.45, 7) is 0. The van der Waals surface area contributed by atoms with E-state index in [4.69, 9.17) is 0 Å². The summed E-state index contributed by atoms with van der Waals surface area (Å²) in [6.07, 6.45) is -1.86. The predicted octanol–water partition coefficient (Wildman–Crippen LogP) is 3.51. The Hall–Kier alpha value is -1.96. The van der Waals surface area contributed by atoms with Crippen molar-refractivity contribution in [3.63, 3.8) is 0 Å². The molecular weight excluding hydrogens is 339 g/mol. The van der Waals surface area contributed by atoms with E-state index in [9.17, 15) is 18.0 Å². The fraction of sp³-hybridized carbons (Fsp3) is 0.0833. The van der Waals surface area contributed by atoms with Crippen molar-refractivity contribution < 1.29 is 18.0 Å². The van der Waals surface area contributed by atoms with Gasteiger partial charge in [0.15, 0.2) is 0 Å². The van der Waals surface area contributed by atoms with Crippen LogP contribution in [0.1, 0.15) is 15.9 Å². The number of anilines is 1. The van der Waals surface area contributed by atoms with Gasteiger partial charge in [-0.25, -0.2) is 9.97 Å². The number of carbonyl (C=O) groups excluding carboxylic acids is 1. The van der Waals surface area contributed by atoms with Gasteiger partial charge in [0.1, 0.15) is 0 Å². The van der Waals surface area contributed by atoms with Crippen molar-refractivity contribution in [3.8, 4) is 0 Å². The third-order valence-electron chi connectivity index (χ3n) is 2.32. The number of halogens is 4. The average molecular weight is 346 g/mol. The van der Waals surface area contributed by atoms with E-state index in [1.165, 1.54) is 24.5 Å². The average Bonchev–Trinajstić information content (AvgIpc) is 2.40. The monoisotopic (exact) mass is 345 g/mol. The van der Waals surface area contributed by atoms with Crippen molar-refractivity contribution in [2.45, 2.75) is 6.18 Å². The first-order chi connectivity index (χ1) is 9.38. The fourth-order valence-electron chi connectivity index (χ4n) is 1.47. The largest absolute Gasteiger partial charge is 0.417 e. The van der Waals surface area contributed by atoms with Crippen LogP contribution in [-0.4, -0.2) is 15.9 Å². The maximum Gasteiger partial charge on any atom is 0.417 e. The minimum Gasteiger partial charge on any atom is -0.290 e. The number of alkyl halides is 3. The maximum atomic E-state index is 12.8. The first-order valence-electron chi connectivity index (χ1n) is 5.33. The standard InChI is InChI=1S/C12H7BrF3N3O/c13-7-5-17-11(18-6-7)19-10(20)8-3-1-2-4-9(8)12(14,15)16/h1-6H,(H,17,18,19,20). The van der Waals surface area contributed by atoms with Crippen LogP contribution in [0.25, 0.3) is 0 Å². The summed E-state index contributed by atoms with van der Waals surface area (Å²) in [5.41, 5.74) is -1.49. The molecule has 0 saturated carbocycles. The number of rotatable bonds is 2. The van der Waals surface area contributed by atoms with Crippen molar-refractivity contribution in [1.82, 2.24) is 9.97 Å². The van der Waals surface area contributed by atoms with E-state index in [1.807, 2.05) is 0 Å². The van der Waals surface area contributed by atoms with Gasteiger partial charge in [-0.05, 0) is 28.1 Å². The van der Waals surface area contributed by atoms with Crippen molar-refractivity contribution in [3.05, 3.63) is 52.3 Å². The Morgan fingerprint density at radius 1 is 1.15 bits per heavy atom. The molecule has 8 heteroatoms. The van der Waals surface area contributed by atoms with Crippen LogP contribution < -0.4 is 5.32 Å². The Morgan fingerprint density at radius 2 is 1.75 bits per heavy atom. The molecule has 1 N–H and O–H groups in total. The van der Waals surface area contributed by atoms with Gasteiger partial charge in [-0.1, -0.05) is 12.1 Å². The van der Waals surface area contributed by atoms with Crippen LogP contribution in [0.4, 0.5) is 19.1 Å². The lowest BCUT2D eigenvalue weighted by molar-refractivity contribution is -0.137. The smallest absolute Gasteiger partial charge is 0.290 e. The van der Waals surface area contributed by atoms with E-state index < -0.39 is 23.2 Å². The second-order valence-electron chi connectivity index (χ2n) is 3.72. The van der Waals surface area contributed by atoms with Crippen molar-refractivity contribution in [2.75, 3.05) is 5.32 Å². The molecule has 0 aliphatic carbocycles. The van der Waals surface area contributed by atoms with Gasteiger partial charge < -0.3 is 0 Å². The van der Waals surface area contributed by atoms with Crippen molar-refractivity contribution in [1.29, 1.82) is 0 Å². The normalized spacial score (nSPS) is 11.2. The molecule has 4 nitrogen and oxygen atoms in total. The topological polar surface area (TPSA) is 54.9 Å². The lowest BCUT2D eigenvalue weighted by atomic mass is 10.1. The highest BCUT2D eigenvalue weighted by atomic mass is 79.9. The summed E-state index contributed by atoms with van der Waals surface area (Å²) in [6, 6.07) is 4.51. The number of hydrogen-bond acceptors (Lipinski definition) is 3. The Morgan fingerprint density at radius 3 is 2.35 bits per heavy atom. The minimum absolute atomic E-state index is 0.0739. The van der Waals surface area contributed by atoms with Crippen LogP contribution in [-0.2, 0) is 6.18 Å². The lowest BCUT2D eigenvalue weighted by Gasteiger charge is -2.11. The van der Waals surface area contributed by atoms with Gasteiger partial charge in [-0.15, -0.1) is 0 Å². The molecule has 1 aromatic carbocycles. The quantitative estimate of drug-likeness (QED) is 0.906. The van der Waals surface area contributed by atoms with Crippen LogP contribution in [0, 0.1) is 0 Å². The molecule has 0 unspecified atom stereocenters. The number of hydrogen-bond donors (Lipinski definition) is 1. The maximum absolute atomic E-state index is 12.8. The van der Waals surface area contributed by atoms with E-state index in [1.54, 1.807) is 0 Å². The van der Waals surface area contributed by atoms with E-state index in [2.05, 4.69) is 31.2 Å². The molecule has 0 fully saturated rings. The van der Waals surface area contributed by atoms with Crippen LogP contribution in [0.3, 0.4) is 0 Å². The summed E-state index contributed by atoms with van der Waals surface area (Å²) >= 11 is 3.11. The Labute approximate surface area is 120 Å². The van der Waals surface area contributed by atoms with E-state index in [0.29, 0.717) is 4.47 Å². The van der Waals surface area contributed by atoms with Crippen LogP contribution in [0.5, 0.6) is 0 Å². The van der Waals surface area contributed by atoms with Gasteiger partial charge in [-0.2, -0.15) is 13.2 Å². The highest BCUT2D eigenvalue weighted by molar-refractivity contribution is 9.10. The summed E-state index contributed by atoms with van der Waals surface area (Å²) in [5, 5.41) is 2.22. The number of amides is 1. The van der Waals surface area contributed by atoms with Crippen LogP contribution in [0.2, 0.25) is 0 Å². The summed E-state index contributed by atoms with van der Waals surface area (Å²) in [7, 11) is 0. The molecule has 1 amide bonds. The van der Waals surface area contributed by atoms with Crippen LogP contribution >= 0.6 is 15.9 Å². The summed E-state index contributed by atoms with van der Waals surface area (Å²) < 4.78 is 38.9. The highest BCUT2D eigenvalue weighted by Gasteiger charge is 2.34. The number of carbonyl (C=O) groups is 1. The summed E-state index contributed by atoms with van der Waals surface area (Å²) in [5.74, 6) is -0.990. The molecular formula is C12H7BrF3N3O. The Balaban J connectivity index is 2.28. The lowest BCUT2D eigenvalue weighted by Crippen LogP contribution is -2.19. The van der Waals surface area contributed by atoms with E-state index >= 15 is 0 Å². The van der Waals surface area contributed by atoms with Gasteiger partial charge in [0.2, 0.25) is 5.95 Å². The van der Waals surface area contributed by atoms with Gasteiger partial charge in [0, 0.05) is 12.4 Å². The fourth-order valence-corrected chi connectivity index (χ4v) is 1.68. The zero-order valence-corrected chi connectivity index (χ0v) is 11.4. The molecule has 0 spiro atoms. The molecule has 104 valence electrons. The Kier molecular flexibility index (Phi) is 4.03. The molecule has 0 radical (unpaired) electrons. The first-order valence-corrected chi connectivity index (χ1v) is 6.12. The number of nitrogens with zero attached hydrogens (tertiary/aromatic N) is 2. The highest BCUT2D eigenvalue weighted by Crippen LogP contribution is 2.32. The van der Waals surface area contributed by atoms with Crippen LogP contribution in [0.15, 0.2) is 41.1 Å². The molecule has 2 aromatic rings. The third-order valence-corrected chi connectivity index (χ3v) is 2.73. The number of nitrogens with one attached hydrogen (secondary N) is 1. The molecule has 20 heavy (non-hydrogen) atoms. The second kappa shape index (κ2) is 5.58. The Bertz CT molecular complexity index is 629. The van der Waals surface area contributed by atoms with Crippen molar-refractivity contribution in [2.24, 2.45) is 0 Å². The zero-order valence-electron chi connectivity index (χ0n) is 9.78. The van der Waals surface area contributed by atoms with Crippen molar-refractivity contribution >= 4 is 27.8 Å². The third kappa shape index (κ3) is 3.32. The van der Waals surface area contributed by atoms with Gasteiger partial charge in [-0.3, -0.25) is 10.1 Å². The molecule has 0 aliphatic rings. The molecule has 0 bridgehead atoms. The van der Waals surface area contributed by atoms with E-state index in [-0.39, 0.29) is 5.95 Å². The molecule has 2 rings (SSSR count). The zero-order chi connectivity index (χ0) is 14.8. The molecule has 0 atom stereocenters. The van der Waals surface area contributed by atoms with Gasteiger partial charge in [0.05, 0.1) is 15.6 Å². The molecule has 0 saturated heterocycles. The molecule has 1 aromatic heterocycles. The van der Waals surface area contributed by atoms with Gasteiger partial charge >= 0.3 is 6.18 Å². The molecule has 1 heterocycles. The summed E-state index contributed by atoms with van der Waals surface area (Å²) in [4.78, 5) is 19.4. The van der Waals surface area contributed by atoms with E-state index in [0.717, 1.165) is 12.1 Å².